The third-order valence-corrected chi connectivity index (χ3v) is 4.74. The number of aryl methyl sites for hydroxylation is 1. The zero-order valence-corrected chi connectivity index (χ0v) is 16.5. The standard InChI is InChI=1S/C24H21N3O2/c1-3-22-26-21-16-25-20-10-6-5-9-19(20)23(21)27(22)15-7-8-17-11-13-18(14-12-17)24(28)29-4-2/h5-6,9-14,16H,3-4,15H2,1-2H3. The number of aromatic nitrogens is 3. The summed E-state index contributed by atoms with van der Waals surface area (Å²) in [6.45, 7) is 4.78. The van der Waals surface area contributed by atoms with Gasteiger partial charge in [-0.2, -0.15) is 0 Å². The molecule has 144 valence electrons. The second-order valence-corrected chi connectivity index (χ2v) is 6.58. The summed E-state index contributed by atoms with van der Waals surface area (Å²) in [5, 5.41) is 1.08. The first kappa shape index (κ1) is 18.7. The summed E-state index contributed by atoms with van der Waals surface area (Å²) in [4.78, 5) is 21.0. The molecule has 5 nitrogen and oxygen atoms in total. The van der Waals surface area contributed by atoms with E-state index in [-0.39, 0.29) is 5.97 Å². The van der Waals surface area contributed by atoms with Crippen LogP contribution < -0.4 is 0 Å². The van der Waals surface area contributed by atoms with Crippen molar-refractivity contribution in [2.24, 2.45) is 0 Å². The molecule has 0 amide bonds. The van der Waals surface area contributed by atoms with Crippen LogP contribution in [0.1, 0.15) is 35.6 Å². The molecule has 4 rings (SSSR count). The van der Waals surface area contributed by atoms with Crippen molar-refractivity contribution in [3.05, 3.63) is 71.7 Å². The van der Waals surface area contributed by atoms with Gasteiger partial charge in [-0.05, 0) is 37.3 Å². The molecule has 2 aromatic carbocycles. The molecule has 0 saturated heterocycles. The number of pyridine rings is 1. The normalized spacial score (nSPS) is 10.7. The van der Waals surface area contributed by atoms with Crippen LogP contribution in [0.2, 0.25) is 0 Å². The van der Waals surface area contributed by atoms with Gasteiger partial charge in [-0.1, -0.05) is 37.0 Å². The Morgan fingerprint density at radius 1 is 1.07 bits per heavy atom. The lowest BCUT2D eigenvalue weighted by atomic mass is 10.1. The minimum Gasteiger partial charge on any atom is -0.462 e. The Morgan fingerprint density at radius 2 is 1.86 bits per heavy atom. The van der Waals surface area contributed by atoms with E-state index in [4.69, 9.17) is 9.72 Å². The molecule has 0 unspecified atom stereocenters. The average Bonchev–Trinajstić information content (AvgIpc) is 3.12. The number of esters is 1. The van der Waals surface area contributed by atoms with E-state index in [2.05, 4.69) is 34.4 Å². The molecule has 0 bridgehead atoms. The van der Waals surface area contributed by atoms with E-state index < -0.39 is 0 Å². The SMILES string of the molecule is CCOC(=O)c1ccc(C#CCn2c(CC)nc3cnc4ccccc4c32)cc1. The van der Waals surface area contributed by atoms with Crippen molar-refractivity contribution in [3.63, 3.8) is 0 Å². The lowest BCUT2D eigenvalue weighted by Gasteiger charge is -2.05. The molecule has 0 aliphatic heterocycles. The number of nitrogens with zero attached hydrogens (tertiary/aromatic N) is 3. The molecular formula is C24H21N3O2. The number of fused-ring (bicyclic) bond motifs is 3. The number of rotatable bonds is 4. The molecule has 0 saturated carbocycles. The number of carbonyl (C=O) groups is 1. The van der Waals surface area contributed by atoms with Gasteiger partial charge in [0.1, 0.15) is 11.3 Å². The number of imidazole rings is 1. The first-order valence-electron chi connectivity index (χ1n) is 9.70. The van der Waals surface area contributed by atoms with Crippen LogP contribution in [0.15, 0.2) is 54.7 Å². The van der Waals surface area contributed by atoms with E-state index >= 15 is 0 Å². The quantitative estimate of drug-likeness (QED) is 0.388. The van der Waals surface area contributed by atoms with Gasteiger partial charge in [0.05, 0.1) is 35.9 Å². The molecule has 5 heteroatoms. The summed E-state index contributed by atoms with van der Waals surface area (Å²) >= 11 is 0. The van der Waals surface area contributed by atoms with Crippen molar-refractivity contribution in [3.8, 4) is 11.8 Å². The monoisotopic (exact) mass is 383 g/mol. The lowest BCUT2D eigenvalue weighted by Crippen LogP contribution is -2.04. The fraction of sp³-hybridized carbons (Fsp3) is 0.208. The molecule has 0 fully saturated rings. The molecule has 0 aliphatic rings. The van der Waals surface area contributed by atoms with Crippen LogP contribution in [0.3, 0.4) is 0 Å². The minimum absolute atomic E-state index is 0.315. The van der Waals surface area contributed by atoms with Crippen LogP contribution >= 0.6 is 0 Å². The van der Waals surface area contributed by atoms with Gasteiger partial charge in [-0.3, -0.25) is 4.98 Å². The van der Waals surface area contributed by atoms with Crippen LogP contribution in [0, 0.1) is 11.8 Å². The van der Waals surface area contributed by atoms with E-state index in [0.29, 0.717) is 18.7 Å². The van der Waals surface area contributed by atoms with Gasteiger partial charge < -0.3 is 9.30 Å². The fourth-order valence-corrected chi connectivity index (χ4v) is 3.38. The second kappa shape index (κ2) is 8.15. The molecule has 0 aliphatic carbocycles. The predicted octanol–water partition coefficient (Wildman–Crippen LogP) is 4.38. The summed E-state index contributed by atoms with van der Waals surface area (Å²) in [5.41, 5.74) is 4.30. The number of benzene rings is 2. The number of para-hydroxylation sites is 1. The number of carbonyl (C=O) groups excluding carboxylic acids is 1. The maximum Gasteiger partial charge on any atom is 0.338 e. The highest BCUT2D eigenvalue weighted by Crippen LogP contribution is 2.24. The van der Waals surface area contributed by atoms with Crippen molar-refractivity contribution in [2.45, 2.75) is 26.8 Å². The highest BCUT2D eigenvalue weighted by atomic mass is 16.5. The van der Waals surface area contributed by atoms with Gasteiger partial charge in [-0.25, -0.2) is 9.78 Å². The van der Waals surface area contributed by atoms with E-state index in [1.807, 2.05) is 36.5 Å². The van der Waals surface area contributed by atoms with Crippen LogP contribution in [0.25, 0.3) is 21.9 Å². The molecule has 0 spiro atoms. The topological polar surface area (TPSA) is 57.0 Å². The van der Waals surface area contributed by atoms with Crippen LogP contribution in [0.4, 0.5) is 0 Å². The van der Waals surface area contributed by atoms with Crippen LogP contribution in [-0.2, 0) is 17.7 Å². The highest BCUT2D eigenvalue weighted by Gasteiger charge is 2.12. The van der Waals surface area contributed by atoms with Crippen molar-refractivity contribution in [1.82, 2.24) is 14.5 Å². The smallest absolute Gasteiger partial charge is 0.338 e. The van der Waals surface area contributed by atoms with Gasteiger partial charge in [0.25, 0.3) is 0 Å². The predicted molar refractivity (Wildman–Crippen MR) is 114 cm³/mol. The van der Waals surface area contributed by atoms with Gasteiger partial charge in [-0.15, -0.1) is 0 Å². The zero-order valence-electron chi connectivity index (χ0n) is 16.5. The van der Waals surface area contributed by atoms with Gasteiger partial charge >= 0.3 is 5.97 Å². The highest BCUT2D eigenvalue weighted by molar-refractivity contribution is 6.02. The van der Waals surface area contributed by atoms with Crippen LogP contribution in [-0.4, -0.2) is 27.1 Å². The Morgan fingerprint density at radius 3 is 2.62 bits per heavy atom. The van der Waals surface area contributed by atoms with Crippen molar-refractivity contribution in [1.29, 1.82) is 0 Å². The van der Waals surface area contributed by atoms with Gasteiger partial charge in [0, 0.05) is 17.4 Å². The van der Waals surface area contributed by atoms with Crippen molar-refractivity contribution >= 4 is 27.9 Å². The number of ether oxygens (including phenoxy) is 1. The Bertz CT molecular complexity index is 1240. The summed E-state index contributed by atoms with van der Waals surface area (Å²) < 4.78 is 7.18. The fourth-order valence-electron chi connectivity index (χ4n) is 3.38. The molecule has 29 heavy (non-hydrogen) atoms. The Kier molecular flexibility index (Phi) is 5.26. The molecule has 2 aromatic heterocycles. The summed E-state index contributed by atoms with van der Waals surface area (Å²) in [5.74, 6) is 7.10. The van der Waals surface area contributed by atoms with E-state index in [1.165, 1.54) is 0 Å². The van der Waals surface area contributed by atoms with Gasteiger partial charge in [0.2, 0.25) is 0 Å². The molecule has 2 heterocycles. The van der Waals surface area contributed by atoms with Gasteiger partial charge in [0.15, 0.2) is 0 Å². The zero-order chi connectivity index (χ0) is 20.2. The van der Waals surface area contributed by atoms with E-state index in [1.54, 1.807) is 19.1 Å². The molecule has 0 atom stereocenters. The largest absolute Gasteiger partial charge is 0.462 e. The van der Waals surface area contributed by atoms with E-state index in [9.17, 15) is 4.79 Å². The maximum atomic E-state index is 11.8. The Labute approximate surface area is 169 Å². The first-order valence-corrected chi connectivity index (χ1v) is 9.70. The van der Waals surface area contributed by atoms with E-state index in [0.717, 1.165) is 39.7 Å². The van der Waals surface area contributed by atoms with Crippen molar-refractivity contribution in [2.75, 3.05) is 6.61 Å². The molecule has 0 N–H and O–H groups in total. The second-order valence-electron chi connectivity index (χ2n) is 6.58. The third-order valence-electron chi connectivity index (χ3n) is 4.74. The average molecular weight is 383 g/mol. The number of hydrogen-bond donors (Lipinski definition) is 0. The Balaban J connectivity index is 1.65. The summed E-state index contributed by atoms with van der Waals surface area (Å²) in [6.07, 6.45) is 2.65. The maximum absolute atomic E-state index is 11.8. The molecular weight excluding hydrogens is 362 g/mol. The molecule has 0 radical (unpaired) electrons. The lowest BCUT2D eigenvalue weighted by molar-refractivity contribution is 0.0526. The Hall–Kier alpha value is -3.65. The first-order chi connectivity index (χ1) is 14.2. The van der Waals surface area contributed by atoms with Crippen molar-refractivity contribution < 1.29 is 9.53 Å². The summed E-state index contributed by atoms with van der Waals surface area (Å²) in [6, 6.07) is 15.2. The summed E-state index contributed by atoms with van der Waals surface area (Å²) in [7, 11) is 0. The van der Waals surface area contributed by atoms with Crippen LogP contribution in [0.5, 0.6) is 0 Å². The number of hydrogen-bond acceptors (Lipinski definition) is 4. The third kappa shape index (κ3) is 3.70. The molecule has 4 aromatic rings. The minimum atomic E-state index is -0.315.